The summed E-state index contributed by atoms with van der Waals surface area (Å²) in [6, 6.07) is 18.0. The van der Waals surface area contributed by atoms with Crippen LogP contribution in [0.2, 0.25) is 0 Å². The van der Waals surface area contributed by atoms with Gasteiger partial charge in [-0.2, -0.15) is 0 Å². The van der Waals surface area contributed by atoms with Gasteiger partial charge in [0.05, 0.1) is 11.4 Å². The minimum Gasteiger partial charge on any atom is -0.286 e. The predicted molar refractivity (Wildman–Crippen MR) is 96.8 cm³/mol. The first-order chi connectivity index (χ1) is 11.6. The molecule has 0 saturated carbocycles. The molecule has 0 amide bonds. The molecule has 0 fully saturated rings. The molecular formula is C20H19N3O. The maximum atomic E-state index is 10.9. The van der Waals surface area contributed by atoms with Gasteiger partial charge >= 0.3 is 0 Å². The molecule has 24 heavy (non-hydrogen) atoms. The average molecular weight is 317 g/mol. The fourth-order valence-electron chi connectivity index (χ4n) is 3.16. The van der Waals surface area contributed by atoms with Crippen LogP contribution in [0.1, 0.15) is 31.4 Å². The Labute approximate surface area is 141 Å². The normalized spacial score (nSPS) is 25.1. The van der Waals surface area contributed by atoms with Gasteiger partial charge in [-0.15, -0.1) is 0 Å². The highest BCUT2D eigenvalue weighted by Gasteiger charge is 2.41. The fourth-order valence-corrected chi connectivity index (χ4v) is 3.16. The van der Waals surface area contributed by atoms with Crippen molar-refractivity contribution in [2.75, 3.05) is 0 Å². The number of hydrogen-bond donors (Lipinski definition) is 1. The topological polar surface area (TPSA) is 48.2 Å². The Morgan fingerprint density at radius 3 is 2.50 bits per heavy atom. The van der Waals surface area contributed by atoms with Gasteiger partial charge in [-0.05, 0) is 19.4 Å². The number of rotatable bonds is 2. The van der Waals surface area contributed by atoms with Crippen molar-refractivity contribution >= 4 is 23.2 Å². The van der Waals surface area contributed by atoms with Crippen LogP contribution in [0, 0.1) is 0 Å². The molecule has 2 aliphatic heterocycles. The number of allylic oxidation sites excluding steroid dienone is 2. The largest absolute Gasteiger partial charge is 0.286 e. The van der Waals surface area contributed by atoms with Crippen molar-refractivity contribution < 1.29 is 5.21 Å². The first kappa shape index (κ1) is 14.8. The van der Waals surface area contributed by atoms with Crippen molar-refractivity contribution in [2.45, 2.75) is 25.9 Å². The van der Waals surface area contributed by atoms with Crippen LogP contribution in [0.5, 0.6) is 0 Å². The molecule has 0 spiro atoms. The summed E-state index contributed by atoms with van der Waals surface area (Å²) in [4.78, 5) is 9.35. The van der Waals surface area contributed by atoms with E-state index in [1.165, 1.54) is 5.06 Å². The first-order valence-electron chi connectivity index (χ1n) is 8.16. The molecule has 4 nitrogen and oxygen atoms in total. The highest BCUT2D eigenvalue weighted by molar-refractivity contribution is 6.28. The lowest BCUT2D eigenvalue weighted by molar-refractivity contribution is -0.120. The first-order valence-corrected chi connectivity index (χ1v) is 8.16. The van der Waals surface area contributed by atoms with Gasteiger partial charge in [-0.1, -0.05) is 55.5 Å². The Bertz CT molecular complexity index is 883. The molecule has 0 aliphatic carbocycles. The Morgan fingerprint density at radius 2 is 1.75 bits per heavy atom. The summed E-state index contributed by atoms with van der Waals surface area (Å²) in [6.45, 7) is 3.97. The number of nitrogens with zero attached hydrogens (tertiary/aromatic N) is 3. The van der Waals surface area contributed by atoms with Crippen molar-refractivity contribution in [3.63, 3.8) is 0 Å². The van der Waals surface area contributed by atoms with Crippen LogP contribution in [-0.2, 0) is 0 Å². The molecule has 2 aromatic carbocycles. The van der Waals surface area contributed by atoms with Crippen molar-refractivity contribution in [3.8, 4) is 0 Å². The van der Waals surface area contributed by atoms with Crippen LogP contribution in [0.15, 0.2) is 70.3 Å². The lowest BCUT2D eigenvalue weighted by Gasteiger charge is -2.29. The Morgan fingerprint density at radius 1 is 1.04 bits per heavy atom. The fraction of sp³-hybridized carbons (Fsp3) is 0.200. The molecule has 0 radical (unpaired) electrons. The molecule has 4 rings (SSSR count). The zero-order chi connectivity index (χ0) is 16.7. The molecule has 4 heteroatoms. The summed E-state index contributed by atoms with van der Waals surface area (Å²) in [7, 11) is 0. The SMILES string of the molecule is CCC1(C)N=C(c2ccccc2)/C(=C2/C=Nc3ccccc32)N1O. The van der Waals surface area contributed by atoms with Crippen LogP contribution in [0.3, 0.4) is 0 Å². The molecule has 120 valence electrons. The molecule has 0 saturated heterocycles. The summed E-state index contributed by atoms with van der Waals surface area (Å²) in [5, 5.41) is 12.2. The minimum atomic E-state index is -0.668. The van der Waals surface area contributed by atoms with Gasteiger partial charge in [0.1, 0.15) is 5.70 Å². The number of hydrogen-bond acceptors (Lipinski definition) is 4. The number of aliphatic imine (C=N–C) groups is 2. The smallest absolute Gasteiger partial charge is 0.153 e. The maximum Gasteiger partial charge on any atom is 0.153 e. The molecule has 2 aromatic rings. The summed E-state index contributed by atoms with van der Waals surface area (Å²) >= 11 is 0. The predicted octanol–water partition coefficient (Wildman–Crippen LogP) is 4.43. The number of hydroxylamine groups is 2. The van der Waals surface area contributed by atoms with Crippen LogP contribution in [0.4, 0.5) is 5.69 Å². The van der Waals surface area contributed by atoms with Gasteiger partial charge in [0.15, 0.2) is 5.66 Å². The van der Waals surface area contributed by atoms with Crippen molar-refractivity contribution in [2.24, 2.45) is 9.98 Å². The molecule has 0 bridgehead atoms. The minimum absolute atomic E-state index is 0.668. The van der Waals surface area contributed by atoms with Crippen molar-refractivity contribution in [1.29, 1.82) is 0 Å². The van der Waals surface area contributed by atoms with E-state index in [-0.39, 0.29) is 0 Å². The van der Waals surface area contributed by atoms with E-state index in [9.17, 15) is 5.21 Å². The monoisotopic (exact) mass is 317 g/mol. The molecular weight excluding hydrogens is 298 g/mol. The van der Waals surface area contributed by atoms with E-state index in [0.717, 1.165) is 33.8 Å². The highest BCUT2D eigenvalue weighted by Crippen LogP contribution is 2.41. The maximum absolute atomic E-state index is 10.9. The second kappa shape index (κ2) is 5.42. The molecule has 2 aliphatic rings. The van der Waals surface area contributed by atoms with Crippen LogP contribution in [0.25, 0.3) is 5.57 Å². The van der Waals surface area contributed by atoms with Gasteiger partial charge in [0.25, 0.3) is 0 Å². The van der Waals surface area contributed by atoms with Crippen LogP contribution < -0.4 is 0 Å². The third kappa shape index (κ3) is 2.11. The van der Waals surface area contributed by atoms with Crippen molar-refractivity contribution in [1.82, 2.24) is 5.06 Å². The molecule has 0 aromatic heterocycles. The van der Waals surface area contributed by atoms with E-state index in [2.05, 4.69) is 4.99 Å². The molecule has 1 unspecified atom stereocenters. The Balaban J connectivity index is 1.96. The van der Waals surface area contributed by atoms with Gasteiger partial charge in [0.2, 0.25) is 0 Å². The quantitative estimate of drug-likeness (QED) is 0.890. The summed E-state index contributed by atoms with van der Waals surface area (Å²) in [5.74, 6) is 0. The highest BCUT2D eigenvalue weighted by atomic mass is 16.5. The lowest BCUT2D eigenvalue weighted by atomic mass is 9.99. The van der Waals surface area contributed by atoms with Gasteiger partial charge < -0.3 is 0 Å². The molecule has 1 N–H and O–H groups in total. The van der Waals surface area contributed by atoms with Crippen molar-refractivity contribution in [3.05, 3.63) is 71.4 Å². The van der Waals surface area contributed by atoms with E-state index in [1.54, 1.807) is 0 Å². The van der Waals surface area contributed by atoms with E-state index in [4.69, 9.17) is 4.99 Å². The Hall–Kier alpha value is -2.72. The summed E-state index contributed by atoms with van der Waals surface area (Å²) in [5.41, 5.74) is 4.71. The van der Waals surface area contributed by atoms with Crippen LogP contribution >= 0.6 is 0 Å². The number of fused-ring (bicyclic) bond motifs is 1. The van der Waals surface area contributed by atoms with Gasteiger partial charge in [-0.3, -0.25) is 15.2 Å². The van der Waals surface area contributed by atoms with E-state index in [0.29, 0.717) is 6.42 Å². The second-order valence-electron chi connectivity index (χ2n) is 6.25. The molecule has 2 heterocycles. The standard InChI is InChI=1S/C20H19N3O/c1-3-20(2)22-18(14-9-5-4-6-10-14)19(23(20)24)16-13-21-17-12-8-7-11-15(16)17/h4-13,24H,3H2,1-2H3/b19-16+. The van der Waals surface area contributed by atoms with Crippen LogP contribution in [-0.4, -0.2) is 27.9 Å². The van der Waals surface area contributed by atoms with Gasteiger partial charge in [-0.25, -0.2) is 5.06 Å². The van der Waals surface area contributed by atoms with E-state index in [1.807, 2.05) is 74.7 Å². The third-order valence-corrected chi connectivity index (χ3v) is 4.74. The van der Waals surface area contributed by atoms with Gasteiger partial charge in [0, 0.05) is 22.9 Å². The Kier molecular flexibility index (Phi) is 3.36. The average Bonchev–Trinajstić information content (AvgIpc) is 3.16. The molecule has 1 atom stereocenters. The number of benzene rings is 2. The second-order valence-corrected chi connectivity index (χ2v) is 6.25. The third-order valence-electron chi connectivity index (χ3n) is 4.74. The summed E-state index contributed by atoms with van der Waals surface area (Å²) in [6.07, 6.45) is 2.53. The van der Waals surface area contributed by atoms with E-state index < -0.39 is 5.66 Å². The summed E-state index contributed by atoms with van der Waals surface area (Å²) < 4.78 is 0. The lowest BCUT2D eigenvalue weighted by Crippen LogP contribution is -2.37. The number of para-hydroxylation sites is 1. The zero-order valence-corrected chi connectivity index (χ0v) is 13.8. The zero-order valence-electron chi connectivity index (χ0n) is 13.8. The van der Waals surface area contributed by atoms with E-state index >= 15 is 0 Å².